The Balaban J connectivity index is 3.21. The maximum Gasteiger partial charge on any atom is 0.153 e. The predicted molar refractivity (Wildman–Crippen MR) is 72.6 cm³/mol. The van der Waals surface area contributed by atoms with E-state index in [9.17, 15) is 0 Å². The van der Waals surface area contributed by atoms with Gasteiger partial charge in [-0.3, -0.25) is 0 Å². The van der Waals surface area contributed by atoms with Crippen LogP contribution < -0.4 is 5.73 Å². The Kier molecular flexibility index (Phi) is 4.69. The van der Waals surface area contributed by atoms with Crippen molar-refractivity contribution in [3.8, 4) is 0 Å². The van der Waals surface area contributed by atoms with Gasteiger partial charge in [0.25, 0.3) is 0 Å². The fourth-order valence-electron chi connectivity index (χ4n) is 2.52. The van der Waals surface area contributed by atoms with Gasteiger partial charge in [-0.05, 0) is 42.9 Å². The van der Waals surface area contributed by atoms with Crippen LogP contribution in [0.2, 0.25) is 0 Å². The van der Waals surface area contributed by atoms with Crippen LogP contribution in [0.15, 0.2) is 4.60 Å². The Bertz CT molecular complexity index is 350. The van der Waals surface area contributed by atoms with E-state index >= 15 is 0 Å². The van der Waals surface area contributed by atoms with Crippen molar-refractivity contribution in [3.05, 3.63) is 10.3 Å². The molecule has 2 N–H and O–H groups in total. The van der Waals surface area contributed by atoms with Crippen LogP contribution in [0.5, 0.6) is 0 Å². The summed E-state index contributed by atoms with van der Waals surface area (Å²) in [5.41, 5.74) is 7.35. The molecular formula is C11H22BrN5. The van der Waals surface area contributed by atoms with E-state index in [1.54, 1.807) is 4.68 Å². The van der Waals surface area contributed by atoms with Gasteiger partial charge in [0.05, 0.1) is 11.7 Å². The van der Waals surface area contributed by atoms with E-state index in [0.29, 0.717) is 0 Å². The Labute approximate surface area is 111 Å². The van der Waals surface area contributed by atoms with Gasteiger partial charge < -0.3 is 10.6 Å². The van der Waals surface area contributed by atoms with Crippen molar-refractivity contribution < 1.29 is 0 Å². The molecule has 0 radical (unpaired) electrons. The topological polar surface area (TPSA) is 60.0 Å². The molecule has 1 rings (SSSR count). The second-order valence-electron chi connectivity index (χ2n) is 4.57. The Morgan fingerprint density at radius 1 is 1.41 bits per heavy atom. The van der Waals surface area contributed by atoms with Crippen molar-refractivity contribution in [2.75, 3.05) is 14.1 Å². The van der Waals surface area contributed by atoms with E-state index in [-0.39, 0.29) is 11.6 Å². The summed E-state index contributed by atoms with van der Waals surface area (Å²) in [7, 11) is 6.02. The Morgan fingerprint density at radius 2 is 1.94 bits per heavy atom. The maximum absolute atomic E-state index is 6.47. The standard InChI is InChI=1S/C11H22BrN5/c1-6-11(7-2,16(3)4)9(13)8-10(12)14-15-17(8)5/h9H,6-7,13H2,1-5H3. The lowest BCUT2D eigenvalue weighted by Gasteiger charge is -2.43. The molecule has 0 saturated carbocycles. The van der Waals surface area contributed by atoms with Gasteiger partial charge in [-0.1, -0.05) is 19.1 Å². The van der Waals surface area contributed by atoms with Gasteiger partial charge in [-0.15, -0.1) is 5.10 Å². The summed E-state index contributed by atoms with van der Waals surface area (Å²) in [6.45, 7) is 4.34. The summed E-state index contributed by atoms with van der Waals surface area (Å²) < 4.78 is 2.49. The molecule has 17 heavy (non-hydrogen) atoms. The van der Waals surface area contributed by atoms with Crippen LogP contribution in [0.1, 0.15) is 38.4 Å². The molecule has 0 aliphatic carbocycles. The minimum Gasteiger partial charge on any atom is -0.321 e. The largest absolute Gasteiger partial charge is 0.321 e. The van der Waals surface area contributed by atoms with Gasteiger partial charge in [0, 0.05) is 12.6 Å². The predicted octanol–water partition coefficient (Wildman–Crippen LogP) is 1.70. The third-order valence-corrected chi connectivity index (χ3v) is 4.38. The zero-order valence-electron chi connectivity index (χ0n) is 11.2. The van der Waals surface area contributed by atoms with Crippen molar-refractivity contribution >= 4 is 15.9 Å². The number of rotatable bonds is 5. The molecule has 0 aliphatic rings. The first-order valence-corrected chi connectivity index (χ1v) is 6.68. The molecule has 0 aromatic carbocycles. The van der Waals surface area contributed by atoms with E-state index in [0.717, 1.165) is 23.1 Å². The minimum atomic E-state index is -0.123. The SMILES string of the molecule is CCC(CC)(C(N)c1c(Br)nnn1C)N(C)C. The smallest absolute Gasteiger partial charge is 0.153 e. The third kappa shape index (κ3) is 2.39. The number of aromatic nitrogens is 3. The quantitative estimate of drug-likeness (QED) is 0.899. The lowest BCUT2D eigenvalue weighted by molar-refractivity contribution is 0.102. The second kappa shape index (κ2) is 5.46. The number of nitrogens with two attached hydrogens (primary N) is 1. The summed E-state index contributed by atoms with van der Waals surface area (Å²) in [6, 6.07) is -0.123. The molecule has 1 heterocycles. The van der Waals surface area contributed by atoms with Crippen LogP contribution >= 0.6 is 15.9 Å². The fourth-order valence-corrected chi connectivity index (χ4v) is 3.10. The van der Waals surface area contributed by atoms with Crippen LogP contribution in [0.25, 0.3) is 0 Å². The molecule has 0 aliphatic heterocycles. The van der Waals surface area contributed by atoms with E-state index < -0.39 is 0 Å². The Hall–Kier alpha value is -0.460. The van der Waals surface area contributed by atoms with Crippen molar-refractivity contribution in [2.45, 2.75) is 38.3 Å². The van der Waals surface area contributed by atoms with Crippen molar-refractivity contribution in [3.63, 3.8) is 0 Å². The van der Waals surface area contributed by atoms with Gasteiger partial charge >= 0.3 is 0 Å². The summed E-state index contributed by atoms with van der Waals surface area (Å²) in [6.07, 6.45) is 1.96. The zero-order chi connectivity index (χ0) is 13.2. The number of likely N-dealkylation sites (N-methyl/N-ethyl adjacent to an activating group) is 1. The number of halogens is 1. The number of hydrogen-bond acceptors (Lipinski definition) is 4. The van der Waals surface area contributed by atoms with Crippen LogP contribution in [0.3, 0.4) is 0 Å². The minimum absolute atomic E-state index is 0.0714. The fraction of sp³-hybridized carbons (Fsp3) is 0.818. The molecule has 0 fully saturated rings. The Morgan fingerprint density at radius 3 is 2.24 bits per heavy atom. The van der Waals surface area contributed by atoms with Crippen molar-refractivity contribution in [1.82, 2.24) is 19.9 Å². The first-order valence-electron chi connectivity index (χ1n) is 5.88. The van der Waals surface area contributed by atoms with Crippen LogP contribution in [0.4, 0.5) is 0 Å². The van der Waals surface area contributed by atoms with Gasteiger partial charge in [0.2, 0.25) is 0 Å². The number of aryl methyl sites for hydroxylation is 1. The summed E-state index contributed by atoms with van der Waals surface area (Å²) >= 11 is 3.42. The zero-order valence-corrected chi connectivity index (χ0v) is 12.8. The van der Waals surface area contributed by atoms with E-state index in [2.05, 4.69) is 59.1 Å². The van der Waals surface area contributed by atoms with Gasteiger partial charge in [0.1, 0.15) is 0 Å². The van der Waals surface area contributed by atoms with E-state index in [1.807, 2.05) is 7.05 Å². The molecule has 0 amide bonds. The summed E-state index contributed by atoms with van der Waals surface area (Å²) in [4.78, 5) is 2.21. The second-order valence-corrected chi connectivity index (χ2v) is 5.32. The summed E-state index contributed by atoms with van der Waals surface area (Å²) in [5, 5.41) is 8.01. The lowest BCUT2D eigenvalue weighted by Crippen LogP contribution is -2.52. The van der Waals surface area contributed by atoms with Crippen LogP contribution in [-0.4, -0.2) is 39.5 Å². The van der Waals surface area contributed by atoms with Crippen LogP contribution in [-0.2, 0) is 7.05 Å². The molecule has 1 aromatic heterocycles. The van der Waals surface area contributed by atoms with E-state index in [4.69, 9.17) is 5.73 Å². The lowest BCUT2D eigenvalue weighted by atomic mass is 9.82. The molecule has 6 heteroatoms. The highest BCUT2D eigenvalue weighted by Gasteiger charge is 2.39. The normalized spacial score (nSPS) is 14.4. The van der Waals surface area contributed by atoms with Crippen LogP contribution in [0, 0.1) is 0 Å². The molecule has 5 nitrogen and oxygen atoms in total. The summed E-state index contributed by atoms with van der Waals surface area (Å²) in [5.74, 6) is 0. The number of nitrogens with zero attached hydrogens (tertiary/aromatic N) is 4. The monoisotopic (exact) mass is 303 g/mol. The number of hydrogen-bond donors (Lipinski definition) is 1. The average molecular weight is 304 g/mol. The van der Waals surface area contributed by atoms with E-state index in [1.165, 1.54) is 0 Å². The molecule has 1 aromatic rings. The highest BCUT2D eigenvalue weighted by Crippen LogP contribution is 2.35. The first kappa shape index (κ1) is 14.6. The van der Waals surface area contributed by atoms with Gasteiger partial charge in [0.15, 0.2) is 4.60 Å². The highest BCUT2D eigenvalue weighted by molar-refractivity contribution is 9.10. The van der Waals surface area contributed by atoms with Gasteiger partial charge in [-0.25, -0.2) is 4.68 Å². The van der Waals surface area contributed by atoms with Gasteiger partial charge in [-0.2, -0.15) is 0 Å². The molecule has 1 atom stereocenters. The molecule has 1 unspecified atom stereocenters. The molecule has 0 bridgehead atoms. The van der Waals surface area contributed by atoms with Crippen molar-refractivity contribution in [1.29, 1.82) is 0 Å². The molecule has 98 valence electrons. The first-order chi connectivity index (χ1) is 7.90. The van der Waals surface area contributed by atoms with Crippen molar-refractivity contribution in [2.24, 2.45) is 12.8 Å². The maximum atomic E-state index is 6.47. The molecular weight excluding hydrogens is 282 g/mol. The molecule has 0 saturated heterocycles. The third-order valence-electron chi connectivity index (χ3n) is 3.82. The molecule has 0 spiro atoms. The average Bonchev–Trinajstić information content (AvgIpc) is 2.60. The highest BCUT2D eigenvalue weighted by atomic mass is 79.9.